The van der Waals surface area contributed by atoms with Crippen molar-refractivity contribution in [2.24, 2.45) is 0 Å². The second kappa shape index (κ2) is 6.07. The molecule has 24 heavy (non-hydrogen) atoms. The topological polar surface area (TPSA) is 61.9 Å². The number of nitrogens with zero attached hydrogens (tertiary/aromatic N) is 3. The summed E-state index contributed by atoms with van der Waals surface area (Å²) in [6.45, 7) is 3.45. The van der Waals surface area contributed by atoms with Crippen LogP contribution in [0.25, 0.3) is 10.9 Å². The molecule has 1 atom stereocenters. The number of carbonyl (C=O) groups excluding carboxylic acids is 1. The van der Waals surface area contributed by atoms with E-state index in [0.717, 1.165) is 41.7 Å². The van der Waals surface area contributed by atoms with Gasteiger partial charge in [-0.05, 0) is 31.9 Å². The largest absolute Gasteiger partial charge is 0.351 e. The van der Waals surface area contributed by atoms with Crippen LogP contribution in [0, 0.1) is 6.92 Å². The summed E-state index contributed by atoms with van der Waals surface area (Å²) in [6.07, 6.45) is 5.63. The molecule has 1 aromatic carbocycles. The third-order valence-electron chi connectivity index (χ3n) is 4.66. The normalized spacial score (nSPS) is 18.0. The van der Waals surface area contributed by atoms with Crippen molar-refractivity contribution in [3.63, 3.8) is 0 Å². The molecule has 122 valence electrons. The number of fused-ring (bicyclic) bond motifs is 1. The first-order chi connectivity index (χ1) is 11.7. The van der Waals surface area contributed by atoms with E-state index in [9.17, 15) is 4.79 Å². The van der Waals surface area contributed by atoms with Crippen LogP contribution in [-0.4, -0.2) is 38.8 Å². The van der Waals surface area contributed by atoms with Crippen LogP contribution in [0.2, 0.25) is 0 Å². The van der Waals surface area contributed by atoms with E-state index in [1.165, 1.54) is 0 Å². The van der Waals surface area contributed by atoms with Crippen LogP contribution in [0.5, 0.6) is 0 Å². The van der Waals surface area contributed by atoms with Gasteiger partial charge in [0.15, 0.2) is 0 Å². The van der Waals surface area contributed by atoms with Crippen LogP contribution in [0.3, 0.4) is 0 Å². The number of benzene rings is 1. The Labute approximate surface area is 140 Å². The number of amides is 1. The fourth-order valence-electron chi connectivity index (χ4n) is 3.44. The van der Waals surface area contributed by atoms with Gasteiger partial charge in [-0.1, -0.05) is 18.2 Å². The number of H-pyrrole nitrogens is 1. The Balaban J connectivity index is 1.56. The van der Waals surface area contributed by atoms with Crippen molar-refractivity contribution in [3.8, 4) is 0 Å². The number of aromatic nitrogens is 3. The number of para-hydroxylation sites is 1. The third-order valence-corrected chi connectivity index (χ3v) is 4.66. The van der Waals surface area contributed by atoms with Gasteiger partial charge in [0.2, 0.25) is 0 Å². The molecule has 1 unspecified atom stereocenters. The summed E-state index contributed by atoms with van der Waals surface area (Å²) in [6, 6.07) is 9.91. The minimum absolute atomic E-state index is 0.0662. The monoisotopic (exact) mass is 320 g/mol. The van der Waals surface area contributed by atoms with Crippen molar-refractivity contribution in [3.05, 3.63) is 59.8 Å². The standard InChI is InChI=1S/C19H20N4O/c1-13-10-20-11-18(21-13)15-6-4-8-23(12-15)19(24)17-9-14-5-2-3-7-16(14)22-17/h2-3,5,7,9-11,15,22H,4,6,8,12H2,1H3. The molecule has 2 aromatic heterocycles. The van der Waals surface area contributed by atoms with E-state index in [1.54, 1.807) is 6.20 Å². The molecule has 1 fully saturated rings. The van der Waals surface area contributed by atoms with Gasteiger partial charge in [-0.15, -0.1) is 0 Å². The molecule has 4 rings (SSSR count). The molecule has 0 bridgehead atoms. The van der Waals surface area contributed by atoms with E-state index in [-0.39, 0.29) is 11.8 Å². The lowest BCUT2D eigenvalue weighted by atomic mass is 9.94. The van der Waals surface area contributed by atoms with Crippen LogP contribution in [-0.2, 0) is 0 Å². The zero-order valence-corrected chi connectivity index (χ0v) is 13.7. The maximum Gasteiger partial charge on any atom is 0.270 e. The number of nitrogens with one attached hydrogen (secondary N) is 1. The molecular formula is C19H20N4O. The highest BCUT2D eigenvalue weighted by Gasteiger charge is 2.27. The molecule has 0 radical (unpaired) electrons. The van der Waals surface area contributed by atoms with Crippen LogP contribution >= 0.6 is 0 Å². The number of aryl methyl sites for hydroxylation is 1. The van der Waals surface area contributed by atoms with Gasteiger partial charge in [-0.3, -0.25) is 14.8 Å². The summed E-state index contributed by atoms with van der Waals surface area (Å²) >= 11 is 0. The molecule has 0 spiro atoms. The fourth-order valence-corrected chi connectivity index (χ4v) is 3.44. The first kappa shape index (κ1) is 14.9. The Hall–Kier alpha value is -2.69. The number of carbonyl (C=O) groups is 1. The van der Waals surface area contributed by atoms with Crippen LogP contribution in [0.4, 0.5) is 0 Å². The summed E-state index contributed by atoms with van der Waals surface area (Å²) in [5, 5.41) is 1.07. The highest BCUT2D eigenvalue weighted by atomic mass is 16.2. The predicted molar refractivity (Wildman–Crippen MR) is 92.9 cm³/mol. The maximum atomic E-state index is 12.9. The van der Waals surface area contributed by atoms with E-state index in [4.69, 9.17) is 0 Å². The molecule has 1 saturated heterocycles. The quantitative estimate of drug-likeness (QED) is 0.788. The van der Waals surface area contributed by atoms with Crippen molar-refractivity contribution in [1.82, 2.24) is 19.9 Å². The number of piperidine rings is 1. The number of rotatable bonds is 2. The van der Waals surface area contributed by atoms with Gasteiger partial charge >= 0.3 is 0 Å². The lowest BCUT2D eigenvalue weighted by molar-refractivity contribution is 0.0701. The van der Waals surface area contributed by atoms with Gasteiger partial charge in [0.25, 0.3) is 5.91 Å². The van der Waals surface area contributed by atoms with Crippen molar-refractivity contribution < 1.29 is 4.79 Å². The Morgan fingerprint density at radius 2 is 2.17 bits per heavy atom. The van der Waals surface area contributed by atoms with Gasteiger partial charge in [-0.25, -0.2) is 0 Å². The number of likely N-dealkylation sites (tertiary alicyclic amines) is 1. The molecule has 3 aromatic rings. The first-order valence-electron chi connectivity index (χ1n) is 8.36. The summed E-state index contributed by atoms with van der Waals surface area (Å²) in [5.74, 6) is 0.330. The Kier molecular flexibility index (Phi) is 3.76. The molecule has 1 amide bonds. The zero-order chi connectivity index (χ0) is 16.5. The van der Waals surface area contributed by atoms with E-state index >= 15 is 0 Å². The van der Waals surface area contributed by atoms with Crippen molar-refractivity contribution in [1.29, 1.82) is 0 Å². The third kappa shape index (κ3) is 2.77. The smallest absolute Gasteiger partial charge is 0.270 e. The average Bonchev–Trinajstić information content (AvgIpc) is 3.05. The molecule has 1 aliphatic rings. The van der Waals surface area contributed by atoms with E-state index in [0.29, 0.717) is 12.2 Å². The number of hydrogen-bond donors (Lipinski definition) is 1. The van der Waals surface area contributed by atoms with Gasteiger partial charge < -0.3 is 9.88 Å². The van der Waals surface area contributed by atoms with E-state index < -0.39 is 0 Å². The molecule has 1 N–H and O–H groups in total. The summed E-state index contributed by atoms with van der Waals surface area (Å²) in [7, 11) is 0. The Bertz CT molecular complexity index is 853. The first-order valence-corrected chi connectivity index (χ1v) is 8.36. The molecule has 5 heteroatoms. The average molecular weight is 320 g/mol. The molecule has 0 saturated carbocycles. The zero-order valence-electron chi connectivity index (χ0n) is 13.7. The van der Waals surface area contributed by atoms with E-state index in [2.05, 4.69) is 15.0 Å². The van der Waals surface area contributed by atoms with Gasteiger partial charge in [-0.2, -0.15) is 0 Å². The Morgan fingerprint density at radius 3 is 3.00 bits per heavy atom. The number of aromatic amines is 1. The molecule has 1 aliphatic heterocycles. The lowest BCUT2D eigenvalue weighted by Gasteiger charge is -2.32. The van der Waals surface area contributed by atoms with Gasteiger partial charge in [0, 0.05) is 42.3 Å². The van der Waals surface area contributed by atoms with E-state index in [1.807, 2.05) is 48.4 Å². The van der Waals surface area contributed by atoms with Gasteiger partial charge in [0.1, 0.15) is 5.69 Å². The molecular weight excluding hydrogens is 300 g/mol. The van der Waals surface area contributed by atoms with Crippen molar-refractivity contribution in [2.45, 2.75) is 25.7 Å². The molecule has 0 aliphatic carbocycles. The second-order valence-electron chi connectivity index (χ2n) is 6.45. The summed E-state index contributed by atoms with van der Waals surface area (Å²) < 4.78 is 0. The molecule has 3 heterocycles. The fraction of sp³-hybridized carbons (Fsp3) is 0.316. The number of hydrogen-bond acceptors (Lipinski definition) is 3. The van der Waals surface area contributed by atoms with Crippen LogP contribution < -0.4 is 0 Å². The van der Waals surface area contributed by atoms with Crippen molar-refractivity contribution in [2.75, 3.05) is 13.1 Å². The van der Waals surface area contributed by atoms with Crippen LogP contribution in [0.15, 0.2) is 42.7 Å². The van der Waals surface area contributed by atoms with Gasteiger partial charge in [0.05, 0.1) is 11.4 Å². The van der Waals surface area contributed by atoms with Crippen LogP contribution in [0.1, 0.15) is 40.6 Å². The Morgan fingerprint density at radius 1 is 1.29 bits per heavy atom. The minimum Gasteiger partial charge on any atom is -0.351 e. The lowest BCUT2D eigenvalue weighted by Crippen LogP contribution is -2.39. The minimum atomic E-state index is 0.0662. The predicted octanol–water partition coefficient (Wildman–Crippen LogP) is 3.29. The van der Waals surface area contributed by atoms with Crippen molar-refractivity contribution >= 4 is 16.8 Å². The SMILES string of the molecule is Cc1cncc(C2CCCN(C(=O)c3cc4ccccc4[nH]3)C2)n1. The highest BCUT2D eigenvalue weighted by molar-refractivity contribution is 5.98. The summed E-state index contributed by atoms with van der Waals surface area (Å²) in [4.78, 5) is 26.9. The highest BCUT2D eigenvalue weighted by Crippen LogP contribution is 2.26. The molecule has 5 nitrogen and oxygen atoms in total. The maximum absolute atomic E-state index is 12.9. The summed E-state index contributed by atoms with van der Waals surface area (Å²) in [5.41, 5.74) is 3.57. The second-order valence-corrected chi connectivity index (χ2v) is 6.45.